The molecule has 0 spiro atoms. The van der Waals surface area contributed by atoms with Crippen molar-refractivity contribution in [3.05, 3.63) is 17.6 Å². The molecule has 106 valence electrons. The van der Waals surface area contributed by atoms with Gasteiger partial charge in [-0.1, -0.05) is 6.42 Å². The molecule has 2 fully saturated rings. The number of fused-ring (bicyclic) bond motifs is 2. The number of sulfonamides is 1. The second-order valence-corrected chi connectivity index (χ2v) is 7.42. The molecule has 6 heteroatoms. The van der Waals surface area contributed by atoms with Crippen molar-refractivity contribution in [1.82, 2.24) is 4.72 Å². The number of rotatable bonds is 4. The smallest absolute Gasteiger partial charge is 0.244 e. The normalized spacial score (nSPS) is 30.1. The largest absolute Gasteiger partial charge is 0.464 e. The van der Waals surface area contributed by atoms with Gasteiger partial charge in [0.25, 0.3) is 0 Å². The highest BCUT2D eigenvalue weighted by Gasteiger charge is 2.41. The molecule has 2 saturated carbocycles. The summed E-state index contributed by atoms with van der Waals surface area (Å²) in [4.78, 5) is 0.232. The first-order valence-corrected chi connectivity index (χ1v) is 8.29. The van der Waals surface area contributed by atoms with Crippen molar-refractivity contribution in [3.63, 3.8) is 0 Å². The van der Waals surface area contributed by atoms with E-state index in [0.717, 1.165) is 12.8 Å². The first-order chi connectivity index (χ1) is 8.99. The number of nitrogens with one attached hydrogen (secondary N) is 1. The lowest BCUT2D eigenvalue weighted by atomic mass is 9.96. The molecule has 0 aromatic carbocycles. The second kappa shape index (κ2) is 4.61. The van der Waals surface area contributed by atoms with Crippen LogP contribution in [0.1, 0.15) is 37.2 Å². The molecular formula is C13H20N2O3S. The fourth-order valence-electron chi connectivity index (χ4n) is 3.54. The van der Waals surface area contributed by atoms with Crippen LogP contribution < -0.4 is 10.5 Å². The number of furan rings is 1. The summed E-state index contributed by atoms with van der Waals surface area (Å²) in [5.41, 5.74) is 5.48. The van der Waals surface area contributed by atoms with Gasteiger partial charge >= 0.3 is 0 Å². The van der Waals surface area contributed by atoms with Crippen LogP contribution >= 0.6 is 0 Å². The highest BCUT2D eigenvalue weighted by molar-refractivity contribution is 7.89. The Hall–Kier alpha value is -0.850. The van der Waals surface area contributed by atoms with Crippen molar-refractivity contribution in [2.45, 2.75) is 50.1 Å². The minimum Gasteiger partial charge on any atom is -0.464 e. The van der Waals surface area contributed by atoms with Crippen LogP contribution in [-0.2, 0) is 16.6 Å². The van der Waals surface area contributed by atoms with Gasteiger partial charge in [0.1, 0.15) is 16.4 Å². The SMILES string of the molecule is Cc1oc(CN)cc1S(=O)(=O)NC1CC2CCC1C2. The molecule has 3 unspecified atom stereocenters. The van der Waals surface area contributed by atoms with Gasteiger partial charge in [0.05, 0.1) is 6.54 Å². The first-order valence-electron chi connectivity index (χ1n) is 6.81. The Morgan fingerprint density at radius 2 is 2.21 bits per heavy atom. The van der Waals surface area contributed by atoms with E-state index in [-0.39, 0.29) is 17.5 Å². The van der Waals surface area contributed by atoms with Crippen molar-refractivity contribution in [2.75, 3.05) is 0 Å². The molecule has 1 heterocycles. The van der Waals surface area contributed by atoms with Gasteiger partial charge in [-0.15, -0.1) is 0 Å². The molecule has 3 atom stereocenters. The number of aryl methyl sites for hydroxylation is 1. The van der Waals surface area contributed by atoms with E-state index in [0.29, 0.717) is 23.4 Å². The molecule has 3 N–H and O–H groups in total. The van der Waals surface area contributed by atoms with Crippen LogP contribution in [0.25, 0.3) is 0 Å². The van der Waals surface area contributed by atoms with E-state index in [4.69, 9.17) is 10.2 Å². The first kappa shape index (κ1) is 13.1. The summed E-state index contributed by atoms with van der Waals surface area (Å²) in [7, 11) is -3.49. The topological polar surface area (TPSA) is 85.3 Å². The monoisotopic (exact) mass is 284 g/mol. The molecule has 1 aromatic heterocycles. The van der Waals surface area contributed by atoms with Gasteiger partial charge in [-0.25, -0.2) is 13.1 Å². The maximum atomic E-state index is 12.4. The van der Waals surface area contributed by atoms with Crippen LogP contribution in [0.2, 0.25) is 0 Å². The van der Waals surface area contributed by atoms with E-state index in [1.165, 1.54) is 18.9 Å². The molecular weight excluding hydrogens is 264 g/mol. The van der Waals surface area contributed by atoms with Crippen LogP contribution in [0.5, 0.6) is 0 Å². The lowest BCUT2D eigenvalue weighted by Gasteiger charge is -2.22. The molecule has 0 saturated heterocycles. The highest BCUT2D eigenvalue weighted by Crippen LogP contribution is 2.44. The highest BCUT2D eigenvalue weighted by atomic mass is 32.2. The number of nitrogens with two attached hydrogens (primary N) is 1. The Labute approximate surface area is 113 Å². The molecule has 2 aliphatic rings. The summed E-state index contributed by atoms with van der Waals surface area (Å²) < 4.78 is 33.0. The van der Waals surface area contributed by atoms with Gasteiger partial charge in [-0.3, -0.25) is 0 Å². The third kappa shape index (κ3) is 2.32. The maximum Gasteiger partial charge on any atom is 0.244 e. The zero-order valence-corrected chi connectivity index (χ0v) is 11.9. The van der Waals surface area contributed by atoms with Crippen LogP contribution in [0.4, 0.5) is 0 Å². The minimum absolute atomic E-state index is 0.0966. The van der Waals surface area contributed by atoms with E-state index in [1.54, 1.807) is 6.92 Å². The lowest BCUT2D eigenvalue weighted by molar-refractivity contribution is 0.390. The van der Waals surface area contributed by atoms with Crippen molar-refractivity contribution in [2.24, 2.45) is 17.6 Å². The van der Waals surface area contributed by atoms with Gasteiger partial charge in [0.2, 0.25) is 10.0 Å². The lowest BCUT2D eigenvalue weighted by Crippen LogP contribution is -2.38. The van der Waals surface area contributed by atoms with Gasteiger partial charge in [-0.2, -0.15) is 0 Å². The Balaban J connectivity index is 1.80. The van der Waals surface area contributed by atoms with Crippen molar-refractivity contribution < 1.29 is 12.8 Å². The number of hydrogen-bond acceptors (Lipinski definition) is 4. The van der Waals surface area contributed by atoms with E-state index < -0.39 is 10.0 Å². The van der Waals surface area contributed by atoms with E-state index in [1.807, 2.05) is 0 Å². The van der Waals surface area contributed by atoms with Crippen LogP contribution in [-0.4, -0.2) is 14.5 Å². The molecule has 2 bridgehead atoms. The minimum atomic E-state index is -3.49. The third-order valence-corrected chi connectivity index (χ3v) is 6.06. The Kier molecular flexibility index (Phi) is 3.19. The third-order valence-electron chi connectivity index (χ3n) is 4.46. The summed E-state index contributed by atoms with van der Waals surface area (Å²) in [5.74, 6) is 2.14. The molecule has 1 aromatic rings. The molecule has 19 heavy (non-hydrogen) atoms. The van der Waals surface area contributed by atoms with E-state index in [2.05, 4.69) is 4.72 Å². The second-order valence-electron chi connectivity index (χ2n) is 5.74. The maximum absolute atomic E-state index is 12.4. The molecule has 0 radical (unpaired) electrons. The molecule has 0 amide bonds. The zero-order chi connectivity index (χ0) is 13.6. The molecule has 5 nitrogen and oxygen atoms in total. The predicted octanol–water partition coefficient (Wildman–Crippen LogP) is 1.51. The summed E-state index contributed by atoms with van der Waals surface area (Å²) in [5, 5.41) is 0. The Morgan fingerprint density at radius 3 is 2.74 bits per heavy atom. The van der Waals surface area contributed by atoms with Crippen LogP contribution in [0, 0.1) is 18.8 Å². The quantitative estimate of drug-likeness (QED) is 0.877. The van der Waals surface area contributed by atoms with E-state index in [9.17, 15) is 8.42 Å². The fourth-order valence-corrected chi connectivity index (χ4v) is 5.06. The summed E-state index contributed by atoms with van der Waals surface area (Å²) >= 11 is 0. The van der Waals surface area contributed by atoms with Crippen molar-refractivity contribution in [1.29, 1.82) is 0 Å². The van der Waals surface area contributed by atoms with Gasteiger partial charge in [-0.05, 0) is 38.0 Å². The van der Waals surface area contributed by atoms with Crippen LogP contribution in [0.15, 0.2) is 15.4 Å². The standard InChI is InChI=1S/C13H20N2O3S/c1-8-13(6-11(7-14)18-8)19(16,17)15-12-5-9-2-3-10(12)4-9/h6,9-10,12,15H,2-5,7,14H2,1H3. The fraction of sp³-hybridized carbons (Fsp3) is 0.692. The number of hydrogen-bond donors (Lipinski definition) is 2. The summed E-state index contributed by atoms with van der Waals surface area (Å²) in [6, 6.07) is 1.63. The van der Waals surface area contributed by atoms with Gasteiger partial charge < -0.3 is 10.2 Å². The predicted molar refractivity (Wildman–Crippen MR) is 70.9 cm³/mol. The van der Waals surface area contributed by atoms with Gasteiger partial charge in [0.15, 0.2) is 0 Å². The Bertz CT molecular complexity index is 579. The summed E-state index contributed by atoms with van der Waals surface area (Å²) in [6.45, 7) is 1.87. The van der Waals surface area contributed by atoms with Crippen molar-refractivity contribution in [3.8, 4) is 0 Å². The van der Waals surface area contributed by atoms with E-state index >= 15 is 0 Å². The Morgan fingerprint density at radius 1 is 1.42 bits per heavy atom. The summed E-state index contributed by atoms with van der Waals surface area (Å²) in [6.07, 6.45) is 4.55. The molecule has 0 aliphatic heterocycles. The average Bonchev–Trinajstić information content (AvgIpc) is 3.02. The molecule has 3 rings (SSSR count). The van der Waals surface area contributed by atoms with Gasteiger partial charge in [0, 0.05) is 12.1 Å². The molecule has 2 aliphatic carbocycles. The van der Waals surface area contributed by atoms with Crippen LogP contribution in [0.3, 0.4) is 0 Å². The zero-order valence-electron chi connectivity index (χ0n) is 11.1. The average molecular weight is 284 g/mol. The van der Waals surface area contributed by atoms with Crippen molar-refractivity contribution >= 4 is 10.0 Å².